The van der Waals surface area contributed by atoms with E-state index >= 15 is 0 Å². The zero-order chi connectivity index (χ0) is 19.9. The summed E-state index contributed by atoms with van der Waals surface area (Å²) >= 11 is 0. The molecule has 0 aliphatic carbocycles. The van der Waals surface area contributed by atoms with E-state index < -0.39 is 0 Å². The van der Waals surface area contributed by atoms with Gasteiger partial charge in [0.15, 0.2) is 5.96 Å². The molecule has 0 bridgehead atoms. The van der Waals surface area contributed by atoms with E-state index in [0.717, 1.165) is 57.6 Å². The van der Waals surface area contributed by atoms with Crippen LogP contribution in [0.25, 0.3) is 0 Å². The number of anilines is 2. The predicted octanol–water partition coefficient (Wildman–Crippen LogP) is 2.75. The standard InChI is InChI=1S/C23H30N6/c1-2-24-23(29-16-14-28(15-17-29)22-10-3-4-11-25-22)26-19-20-8-7-9-21(18-20)27-12-5-6-13-27/h3-11,18H,2,12-17,19H2,1H3,(H,24,26). The van der Waals surface area contributed by atoms with Crippen LogP contribution in [-0.4, -0.2) is 61.7 Å². The van der Waals surface area contributed by atoms with Gasteiger partial charge in [-0.15, -0.1) is 0 Å². The third-order valence-electron chi connectivity index (χ3n) is 5.39. The molecule has 3 heterocycles. The number of aliphatic imine (C=N–C) groups is 1. The number of aromatic nitrogens is 1. The van der Waals surface area contributed by atoms with E-state index in [1.54, 1.807) is 0 Å². The highest BCUT2D eigenvalue weighted by molar-refractivity contribution is 5.80. The molecule has 6 heteroatoms. The van der Waals surface area contributed by atoms with Gasteiger partial charge in [0.2, 0.25) is 0 Å². The molecule has 0 saturated carbocycles. The predicted molar refractivity (Wildman–Crippen MR) is 121 cm³/mol. The zero-order valence-electron chi connectivity index (χ0n) is 17.2. The van der Waals surface area contributed by atoms with Crippen molar-refractivity contribution in [3.8, 4) is 0 Å². The topological polar surface area (TPSA) is 47.0 Å². The van der Waals surface area contributed by atoms with Crippen LogP contribution in [0.5, 0.6) is 0 Å². The van der Waals surface area contributed by atoms with Gasteiger partial charge in [0, 0.05) is 57.7 Å². The number of benzene rings is 1. The highest BCUT2D eigenvalue weighted by atomic mass is 15.4. The van der Waals surface area contributed by atoms with E-state index in [1.165, 1.54) is 11.3 Å². The lowest BCUT2D eigenvalue weighted by molar-refractivity contribution is 0.371. The molecule has 0 radical (unpaired) electrons. The van der Waals surface area contributed by atoms with Crippen LogP contribution in [0.3, 0.4) is 0 Å². The largest absolute Gasteiger partial charge is 0.364 e. The van der Waals surface area contributed by atoms with Crippen molar-refractivity contribution in [2.45, 2.75) is 13.5 Å². The van der Waals surface area contributed by atoms with E-state index in [4.69, 9.17) is 4.99 Å². The van der Waals surface area contributed by atoms with E-state index in [9.17, 15) is 0 Å². The molecule has 1 fully saturated rings. The Hall–Kier alpha value is -3.02. The van der Waals surface area contributed by atoms with Crippen molar-refractivity contribution in [1.82, 2.24) is 15.2 Å². The minimum Gasteiger partial charge on any atom is -0.364 e. The lowest BCUT2D eigenvalue weighted by Crippen LogP contribution is -2.52. The van der Waals surface area contributed by atoms with E-state index in [0.29, 0.717) is 6.54 Å². The molecule has 2 aromatic rings. The first-order valence-corrected chi connectivity index (χ1v) is 10.5. The molecule has 0 unspecified atom stereocenters. The monoisotopic (exact) mass is 390 g/mol. The van der Waals surface area contributed by atoms with Crippen molar-refractivity contribution in [1.29, 1.82) is 0 Å². The minimum atomic E-state index is 0.692. The summed E-state index contributed by atoms with van der Waals surface area (Å²) in [5.74, 6) is 2.06. The smallest absolute Gasteiger partial charge is 0.194 e. The lowest BCUT2D eigenvalue weighted by atomic mass is 10.2. The summed E-state index contributed by atoms with van der Waals surface area (Å²) in [7, 11) is 0. The van der Waals surface area contributed by atoms with Gasteiger partial charge in [-0.05, 0) is 36.8 Å². The van der Waals surface area contributed by atoms with Gasteiger partial charge < -0.3 is 20.0 Å². The number of rotatable bonds is 5. The maximum Gasteiger partial charge on any atom is 0.194 e. The van der Waals surface area contributed by atoms with Gasteiger partial charge in [0.25, 0.3) is 0 Å². The maximum absolute atomic E-state index is 4.94. The molecule has 0 atom stereocenters. The van der Waals surface area contributed by atoms with Crippen LogP contribution in [0.2, 0.25) is 0 Å². The molecule has 6 nitrogen and oxygen atoms in total. The van der Waals surface area contributed by atoms with Crippen molar-refractivity contribution in [2.24, 2.45) is 4.99 Å². The molecule has 1 N–H and O–H groups in total. The normalized spacial score (nSPS) is 17.1. The number of nitrogens with one attached hydrogen (secondary N) is 1. The Morgan fingerprint density at radius 2 is 1.83 bits per heavy atom. The van der Waals surface area contributed by atoms with Crippen LogP contribution in [0.15, 0.2) is 65.8 Å². The van der Waals surface area contributed by atoms with E-state index in [-0.39, 0.29) is 0 Å². The minimum absolute atomic E-state index is 0.692. The summed E-state index contributed by atoms with van der Waals surface area (Å²) in [5, 5.41) is 3.47. The molecule has 1 saturated heterocycles. The van der Waals surface area contributed by atoms with Crippen molar-refractivity contribution >= 4 is 17.5 Å². The summed E-state index contributed by atoms with van der Waals surface area (Å²) < 4.78 is 0. The highest BCUT2D eigenvalue weighted by Crippen LogP contribution is 2.19. The Morgan fingerprint density at radius 1 is 1.00 bits per heavy atom. The number of pyridine rings is 1. The Bertz CT molecular complexity index is 831. The van der Waals surface area contributed by atoms with Crippen LogP contribution in [-0.2, 0) is 6.54 Å². The first-order valence-electron chi connectivity index (χ1n) is 10.5. The van der Waals surface area contributed by atoms with E-state index in [2.05, 4.69) is 74.4 Å². The zero-order valence-corrected chi connectivity index (χ0v) is 17.2. The van der Waals surface area contributed by atoms with Gasteiger partial charge in [0.05, 0.1) is 6.54 Å². The number of hydrogen-bond acceptors (Lipinski definition) is 4. The fourth-order valence-corrected chi connectivity index (χ4v) is 3.82. The number of guanidine groups is 1. The lowest BCUT2D eigenvalue weighted by Gasteiger charge is -2.37. The molecule has 2 aliphatic rings. The Kier molecular flexibility index (Phi) is 6.29. The molecular weight excluding hydrogens is 360 g/mol. The summed E-state index contributed by atoms with van der Waals surface area (Å²) in [6, 6.07) is 14.8. The summed E-state index contributed by atoms with van der Waals surface area (Å²) in [6.07, 6.45) is 6.30. The molecule has 29 heavy (non-hydrogen) atoms. The quantitative estimate of drug-likeness (QED) is 0.483. The van der Waals surface area contributed by atoms with Crippen LogP contribution in [0, 0.1) is 0 Å². The van der Waals surface area contributed by atoms with Crippen molar-refractivity contribution < 1.29 is 0 Å². The summed E-state index contributed by atoms with van der Waals surface area (Å²) in [6.45, 7) is 9.49. The Labute approximate surface area is 173 Å². The number of hydrogen-bond donors (Lipinski definition) is 1. The van der Waals surface area contributed by atoms with Crippen LogP contribution >= 0.6 is 0 Å². The van der Waals surface area contributed by atoms with E-state index in [1.807, 2.05) is 18.3 Å². The molecule has 0 amide bonds. The SMILES string of the molecule is CCNC(=NCc1cccc(N2CC=CC2)c1)N1CCN(c2ccccn2)CC1. The first kappa shape index (κ1) is 19.3. The molecule has 1 aromatic heterocycles. The van der Waals surface area contributed by atoms with Gasteiger partial charge >= 0.3 is 0 Å². The number of piperazine rings is 1. The second kappa shape index (κ2) is 9.45. The van der Waals surface area contributed by atoms with Crippen molar-refractivity contribution in [3.05, 3.63) is 66.4 Å². The first-order chi connectivity index (χ1) is 14.3. The molecule has 4 rings (SSSR count). The highest BCUT2D eigenvalue weighted by Gasteiger charge is 2.20. The van der Waals surface area contributed by atoms with Gasteiger partial charge in [-0.25, -0.2) is 9.98 Å². The molecule has 1 aromatic carbocycles. The molecular formula is C23H30N6. The third-order valence-corrected chi connectivity index (χ3v) is 5.39. The fourth-order valence-electron chi connectivity index (χ4n) is 3.82. The second-order valence-electron chi connectivity index (χ2n) is 7.38. The van der Waals surface area contributed by atoms with Crippen LogP contribution < -0.4 is 15.1 Å². The fraction of sp³-hybridized carbons (Fsp3) is 0.391. The summed E-state index contributed by atoms with van der Waals surface area (Å²) in [4.78, 5) is 16.5. The number of nitrogens with zero attached hydrogens (tertiary/aromatic N) is 5. The molecule has 0 spiro atoms. The maximum atomic E-state index is 4.94. The molecule has 152 valence electrons. The average molecular weight is 391 g/mol. The Balaban J connectivity index is 1.39. The summed E-state index contributed by atoms with van der Waals surface area (Å²) in [5.41, 5.74) is 2.52. The average Bonchev–Trinajstić information content (AvgIpc) is 3.33. The van der Waals surface area contributed by atoms with Crippen molar-refractivity contribution in [3.63, 3.8) is 0 Å². The van der Waals surface area contributed by atoms with Gasteiger partial charge in [-0.2, -0.15) is 0 Å². The van der Waals surface area contributed by atoms with Crippen molar-refractivity contribution in [2.75, 3.05) is 55.6 Å². The van der Waals surface area contributed by atoms with Crippen LogP contribution in [0.4, 0.5) is 11.5 Å². The molecule has 2 aliphatic heterocycles. The third kappa shape index (κ3) is 4.88. The second-order valence-corrected chi connectivity index (χ2v) is 7.38. The Morgan fingerprint density at radius 3 is 2.55 bits per heavy atom. The van der Waals surface area contributed by atoms with Gasteiger partial charge in [-0.3, -0.25) is 0 Å². The van der Waals surface area contributed by atoms with Gasteiger partial charge in [-0.1, -0.05) is 30.4 Å². The van der Waals surface area contributed by atoms with Gasteiger partial charge in [0.1, 0.15) is 5.82 Å². The van der Waals surface area contributed by atoms with Crippen LogP contribution in [0.1, 0.15) is 12.5 Å².